The summed E-state index contributed by atoms with van der Waals surface area (Å²) < 4.78 is 4.62. The molecule has 1 unspecified atom stereocenters. The van der Waals surface area contributed by atoms with Crippen LogP contribution in [0, 0.1) is 0 Å². The summed E-state index contributed by atoms with van der Waals surface area (Å²) in [4.78, 5) is 26.1. The van der Waals surface area contributed by atoms with E-state index in [1.54, 1.807) is 18.3 Å². The molecule has 1 saturated carbocycles. The van der Waals surface area contributed by atoms with Crippen LogP contribution in [-0.4, -0.2) is 28.6 Å². The molecule has 1 atom stereocenters. The van der Waals surface area contributed by atoms with E-state index in [0.717, 1.165) is 35.4 Å². The first-order valence-electron chi connectivity index (χ1n) is 8.28. The van der Waals surface area contributed by atoms with Crippen molar-refractivity contribution in [3.8, 4) is 0 Å². The number of hydrogen-bond acceptors (Lipinski definition) is 6. The molecule has 0 spiro atoms. The van der Waals surface area contributed by atoms with Crippen molar-refractivity contribution >= 4 is 29.0 Å². The van der Waals surface area contributed by atoms with Gasteiger partial charge in [-0.3, -0.25) is 14.9 Å². The van der Waals surface area contributed by atoms with Gasteiger partial charge in [-0.05, 0) is 31.9 Å². The normalized spacial score (nSPS) is 17.2. The Hall–Kier alpha value is -2.19. The van der Waals surface area contributed by atoms with E-state index in [9.17, 15) is 14.7 Å². The number of carbonyl (C=O) groups is 2. The summed E-state index contributed by atoms with van der Waals surface area (Å²) in [5.74, 6) is -1.25. The number of anilines is 1. The molecule has 2 heterocycles. The van der Waals surface area contributed by atoms with Crippen molar-refractivity contribution in [3.05, 3.63) is 34.2 Å². The summed E-state index contributed by atoms with van der Waals surface area (Å²) in [6, 6.07) is 5.43. The Labute approximate surface area is 149 Å². The Kier molecular flexibility index (Phi) is 5.19. The summed E-state index contributed by atoms with van der Waals surface area (Å²) in [6.07, 6.45) is 4.90. The van der Waals surface area contributed by atoms with Crippen LogP contribution in [0.1, 0.15) is 48.5 Å². The molecule has 2 aromatic rings. The first kappa shape index (κ1) is 17.6. The molecule has 8 heteroatoms. The first-order valence-corrected chi connectivity index (χ1v) is 9.10. The number of aromatic nitrogens is 1. The van der Waals surface area contributed by atoms with Gasteiger partial charge in [0.1, 0.15) is 6.26 Å². The number of nitrogens with one attached hydrogen (secondary N) is 2. The molecule has 0 bridgehead atoms. The van der Waals surface area contributed by atoms with Gasteiger partial charge < -0.3 is 14.9 Å². The number of rotatable bonds is 5. The molecular weight excluding hydrogens is 342 g/mol. The lowest BCUT2D eigenvalue weighted by molar-refractivity contribution is -0.136. The molecule has 7 nitrogen and oxygen atoms in total. The van der Waals surface area contributed by atoms with Gasteiger partial charge in [0.05, 0.1) is 6.10 Å². The molecule has 0 saturated heterocycles. The van der Waals surface area contributed by atoms with Gasteiger partial charge in [0, 0.05) is 27.8 Å². The molecule has 2 amide bonds. The number of thiophene rings is 1. The van der Waals surface area contributed by atoms with Crippen LogP contribution in [0.3, 0.4) is 0 Å². The van der Waals surface area contributed by atoms with Crippen molar-refractivity contribution in [3.63, 3.8) is 0 Å². The molecule has 0 radical (unpaired) electrons. The smallest absolute Gasteiger partial charge is 0.314 e. The minimum Gasteiger partial charge on any atom is -0.388 e. The van der Waals surface area contributed by atoms with E-state index in [2.05, 4.69) is 20.3 Å². The number of nitrogens with zero attached hydrogens (tertiary/aromatic N) is 1. The van der Waals surface area contributed by atoms with E-state index in [4.69, 9.17) is 0 Å². The number of hydrogen-bond donors (Lipinski definition) is 3. The minimum atomic E-state index is -0.766. The summed E-state index contributed by atoms with van der Waals surface area (Å²) >= 11 is 1.58. The van der Waals surface area contributed by atoms with Gasteiger partial charge in [-0.25, -0.2) is 0 Å². The minimum absolute atomic E-state index is 0.165. The van der Waals surface area contributed by atoms with Gasteiger partial charge in [-0.2, -0.15) is 0 Å². The van der Waals surface area contributed by atoms with Crippen LogP contribution in [0.15, 0.2) is 29.0 Å². The van der Waals surface area contributed by atoms with Crippen molar-refractivity contribution in [2.45, 2.75) is 44.1 Å². The average molecular weight is 363 g/mol. The third kappa shape index (κ3) is 3.91. The van der Waals surface area contributed by atoms with Crippen LogP contribution < -0.4 is 10.6 Å². The highest BCUT2D eigenvalue weighted by molar-refractivity contribution is 7.12. The van der Waals surface area contributed by atoms with Gasteiger partial charge in [-0.15, -0.1) is 11.3 Å². The van der Waals surface area contributed by atoms with Gasteiger partial charge in [-0.1, -0.05) is 18.0 Å². The lowest BCUT2D eigenvalue weighted by Crippen LogP contribution is -2.43. The molecule has 134 valence electrons. The zero-order chi connectivity index (χ0) is 17.9. The zero-order valence-corrected chi connectivity index (χ0v) is 14.8. The second-order valence-corrected chi connectivity index (χ2v) is 7.50. The molecule has 25 heavy (non-hydrogen) atoms. The van der Waals surface area contributed by atoms with Crippen LogP contribution in [0.25, 0.3) is 0 Å². The maximum absolute atomic E-state index is 12.1. The van der Waals surface area contributed by atoms with Crippen LogP contribution in [0.2, 0.25) is 0 Å². The third-order valence-electron chi connectivity index (χ3n) is 4.59. The quantitative estimate of drug-likeness (QED) is 0.708. The van der Waals surface area contributed by atoms with E-state index in [1.807, 2.05) is 12.1 Å². The molecule has 1 aliphatic carbocycles. The predicted molar refractivity (Wildman–Crippen MR) is 93.2 cm³/mol. The maximum Gasteiger partial charge on any atom is 0.314 e. The van der Waals surface area contributed by atoms with Crippen LogP contribution in [-0.2, 0) is 15.0 Å². The molecule has 2 aromatic heterocycles. The molecule has 1 fully saturated rings. The molecule has 1 aliphatic rings. The molecule has 3 N–H and O–H groups in total. The molecular formula is C17H21N3O4S. The van der Waals surface area contributed by atoms with Gasteiger partial charge in [0.2, 0.25) is 0 Å². The Bertz CT molecular complexity index is 733. The summed E-state index contributed by atoms with van der Waals surface area (Å²) in [6.45, 7) is 2.14. The van der Waals surface area contributed by atoms with Crippen molar-refractivity contribution in [2.75, 3.05) is 11.9 Å². The van der Waals surface area contributed by atoms with Crippen LogP contribution >= 0.6 is 11.3 Å². The number of carbonyl (C=O) groups excluding carboxylic acids is 2. The second kappa shape index (κ2) is 7.37. The number of aliphatic hydroxyl groups is 1. The van der Waals surface area contributed by atoms with E-state index in [-0.39, 0.29) is 11.2 Å². The standard InChI is InChI=1S/C17H21N3O4S/c1-11(21)12-4-5-13(25-12)17(7-2-3-8-17)10-18-15(22)16(23)19-14-6-9-24-20-14/h4-6,9,11,21H,2-3,7-8,10H2,1H3,(H,18,22)(H,19,20,23). The second-order valence-electron chi connectivity index (χ2n) is 6.39. The molecule has 0 aliphatic heterocycles. The highest BCUT2D eigenvalue weighted by Crippen LogP contribution is 2.44. The molecule has 3 rings (SSSR count). The fourth-order valence-electron chi connectivity index (χ4n) is 3.20. The summed E-state index contributed by atoms with van der Waals surface area (Å²) in [5.41, 5.74) is -0.165. The molecule has 0 aromatic carbocycles. The Morgan fingerprint density at radius 3 is 2.68 bits per heavy atom. The largest absolute Gasteiger partial charge is 0.388 e. The lowest BCUT2D eigenvalue weighted by Gasteiger charge is -2.28. The van der Waals surface area contributed by atoms with E-state index >= 15 is 0 Å². The zero-order valence-electron chi connectivity index (χ0n) is 13.9. The Balaban J connectivity index is 1.65. The third-order valence-corrected chi connectivity index (χ3v) is 6.10. The Morgan fingerprint density at radius 1 is 1.32 bits per heavy atom. The van der Waals surface area contributed by atoms with Crippen molar-refractivity contribution in [1.82, 2.24) is 10.5 Å². The van der Waals surface area contributed by atoms with E-state index in [0.29, 0.717) is 6.54 Å². The highest BCUT2D eigenvalue weighted by Gasteiger charge is 2.37. The number of amides is 2. The maximum atomic E-state index is 12.1. The fraction of sp³-hybridized carbons (Fsp3) is 0.471. The first-order chi connectivity index (χ1) is 12.0. The summed E-state index contributed by atoms with van der Waals surface area (Å²) in [5, 5.41) is 18.4. The SMILES string of the molecule is CC(O)c1ccc(C2(CNC(=O)C(=O)Nc3ccon3)CCCC2)s1. The van der Waals surface area contributed by atoms with E-state index < -0.39 is 17.9 Å². The van der Waals surface area contributed by atoms with Gasteiger partial charge in [0.15, 0.2) is 5.82 Å². The van der Waals surface area contributed by atoms with Crippen LogP contribution in [0.5, 0.6) is 0 Å². The fourth-order valence-corrected chi connectivity index (χ4v) is 4.39. The van der Waals surface area contributed by atoms with Gasteiger partial charge >= 0.3 is 11.8 Å². The van der Waals surface area contributed by atoms with Gasteiger partial charge in [0.25, 0.3) is 0 Å². The summed E-state index contributed by atoms with van der Waals surface area (Å²) in [7, 11) is 0. The number of aliphatic hydroxyl groups excluding tert-OH is 1. The van der Waals surface area contributed by atoms with Crippen LogP contribution in [0.4, 0.5) is 5.82 Å². The predicted octanol–water partition coefficient (Wildman–Crippen LogP) is 2.36. The highest BCUT2D eigenvalue weighted by atomic mass is 32.1. The Morgan fingerprint density at radius 2 is 2.08 bits per heavy atom. The average Bonchev–Trinajstić information content (AvgIpc) is 3.32. The lowest BCUT2D eigenvalue weighted by atomic mass is 9.84. The topological polar surface area (TPSA) is 104 Å². The van der Waals surface area contributed by atoms with Crippen molar-refractivity contribution in [1.29, 1.82) is 0 Å². The van der Waals surface area contributed by atoms with Crippen molar-refractivity contribution in [2.24, 2.45) is 0 Å². The van der Waals surface area contributed by atoms with Crippen molar-refractivity contribution < 1.29 is 19.2 Å². The monoisotopic (exact) mass is 363 g/mol. The van der Waals surface area contributed by atoms with E-state index in [1.165, 1.54) is 12.3 Å².